The maximum Gasteiger partial charge on any atom is 0.221 e. The highest BCUT2D eigenvalue weighted by atomic mass is 35.5. The fourth-order valence-electron chi connectivity index (χ4n) is 0.853. The number of benzene rings is 1. The molecule has 0 aliphatic rings. The molecule has 0 aliphatic carbocycles. The highest BCUT2D eigenvalue weighted by Gasteiger charge is 2.06. The van der Waals surface area contributed by atoms with E-state index in [1.807, 2.05) is 0 Å². The van der Waals surface area contributed by atoms with Crippen molar-refractivity contribution < 1.29 is 9.90 Å². The molecule has 0 bridgehead atoms. The highest BCUT2D eigenvalue weighted by molar-refractivity contribution is 8.33. The summed E-state index contributed by atoms with van der Waals surface area (Å²) in [5, 5.41) is 11.7. The molecular weight excluding hydrogens is 289 g/mol. The number of aliphatic hydroxyl groups excluding tert-OH is 1. The minimum absolute atomic E-state index is 0.248. The Labute approximate surface area is 112 Å². The maximum atomic E-state index is 10.9. The molecule has 0 unspecified atom stereocenters. The summed E-state index contributed by atoms with van der Waals surface area (Å²) >= 11 is 17.2. The van der Waals surface area contributed by atoms with Gasteiger partial charge in [-0.1, -0.05) is 35.4 Å². The van der Waals surface area contributed by atoms with Crippen molar-refractivity contribution in [1.29, 1.82) is 0 Å². The van der Waals surface area contributed by atoms with E-state index in [2.05, 4.69) is 5.32 Å². The normalized spacial score (nSPS) is 9.94. The number of halogens is 2. The van der Waals surface area contributed by atoms with Gasteiger partial charge in [-0.3, -0.25) is 4.79 Å². The smallest absolute Gasteiger partial charge is 0.221 e. The third-order valence-corrected chi connectivity index (χ3v) is 3.24. The van der Waals surface area contributed by atoms with Crippen LogP contribution in [0.1, 0.15) is 0 Å². The van der Waals surface area contributed by atoms with Gasteiger partial charge in [-0.15, -0.1) is 0 Å². The molecule has 0 saturated heterocycles. The van der Waals surface area contributed by atoms with E-state index in [1.54, 1.807) is 18.2 Å². The van der Waals surface area contributed by atoms with E-state index in [1.165, 1.54) is 0 Å². The first-order valence-corrected chi connectivity index (χ1v) is 6.08. The predicted molar refractivity (Wildman–Crippen MR) is 72.4 cm³/mol. The Balaban J connectivity index is 2.63. The summed E-state index contributed by atoms with van der Waals surface area (Å²) in [6.45, 7) is -0.548. The number of rotatable bonds is 2. The van der Waals surface area contributed by atoms with Gasteiger partial charge in [0.15, 0.2) is 0 Å². The van der Waals surface area contributed by atoms with Gasteiger partial charge in [0.2, 0.25) is 5.12 Å². The molecule has 7 heteroatoms. The van der Waals surface area contributed by atoms with Crippen molar-refractivity contribution in [2.24, 2.45) is 0 Å². The van der Waals surface area contributed by atoms with E-state index >= 15 is 0 Å². The van der Waals surface area contributed by atoms with Crippen LogP contribution in [0.4, 0.5) is 5.69 Å². The van der Waals surface area contributed by atoms with Gasteiger partial charge in [-0.05, 0) is 30.0 Å². The second-order valence-electron chi connectivity index (χ2n) is 2.67. The Hall–Kier alpha value is -0.330. The van der Waals surface area contributed by atoms with E-state index in [0.29, 0.717) is 15.7 Å². The average Bonchev–Trinajstić information content (AvgIpc) is 2.23. The molecule has 16 heavy (non-hydrogen) atoms. The van der Waals surface area contributed by atoms with Crippen LogP contribution in [0, 0.1) is 0 Å². The molecule has 0 atom stereocenters. The Morgan fingerprint density at radius 2 is 2.12 bits per heavy atom. The van der Waals surface area contributed by atoms with Crippen LogP contribution in [0.5, 0.6) is 0 Å². The maximum absolute atomic E-state index is 10.9. The van der Waals surface area contributed by atoms with Gasteiger partial charge in [-0.25, -0.2) is 0 Å². The monoisotopic (exact) mass is 295 g/mol. The van der Waals surface area contributed by atoms with Gasteiger partial charge in [0, 0.05) is 5.69 Å². The van der Waals surface area contributed by atoms with Crippen molar-refractivity contribution >= 4 is 62.3 Å². The number of thiocarbonyl (C=S) groups is 1. The first kappa shape index (κ1) is 13.7. The molecule has 86 valence electrons. The second kappa shape index (κ2) is 6.42. The van der Waals surface area contributed by atoms with Crippen LogP contribution >= 0.6 is 47.2 Å². The Bertz CT molecular complexity index is 426. The average molecular weight is 296 g/mol. The fourth-order valence-corrected chi connectivity index (χ4v) is 1.99. The Morgan fingerprint density at radius 1 is 1.44 bits per heavy atom. The standard InChI is InChI=1S/C9H7Cl2NO2S2/c10-6-2-1-5(3-7(6)11)12-9(15)16-8(14)4-13/h1-3,13H,4H2,(H,12,15). The van der Waals surface area contributed by atoms with Crippen LogP contribution in [0.3, 0.4) is 0 Å². The molecule has 0 fully saturated rings. The summed E-state index contributed by atoms with van der Waals surface area (Å²) in [7, 11) is 0. The highest BCUT2D eigenvalue weighted by Crippen LogP contribution is 2.25. The van der Waals surface area contributed by atoms with E-state index in [4.69, 9.17) is 40.5 Å². The molecule has 0 spiro atoms. The van der Waals surface area contributed by atoms with Gasteiger partial charge in [-0.2, -0.15) is 0 Å². The number of aliphatic hydroxyl groups is 1. The number of hydrogen-bond acceptors (Lipinski definition) is 4. The van der Waals surface area contributed by atoms with Crippen LogP contribution in [0.15, 0.2) is 18.2 Å². The lowest BCUT2D eigenvalue weighted by Gasteiger charge is -2.06. The van der Waals surface area contributed by atoms with E-state index < -0.39 is 11.7 Å². The number of carbonyl (C=O) groups excluding carboxylic acids is 1. The molecule has 1 rings (SSSR count). The van der Waals surface area contributed by atoms with Crippen molar-refractivity contribution in [2.45, 2.75) is 0 Å². The molecule has 0 saturated carbocycles. The quantitative estimate of drug-likeness (QED) is 0.822. The fraction of sp³-hybridized carbons (Fsp3) is 0.111. The number of anilines is 1. The molecule has 1 aromatic rings. The van der Waals surface area contributed by atoms with Crippen LogP contribution in [-0.2, 0) is 4.79 Å². The molecule has 0 radical (unpaired) electrons. The van der Waals surface area contributed by atoms with Gasteiger partial charge >= 0.3 is 0 Å². The van der Waals surface area contributed by atoms with Crippen molar-refractivity contribution in [3.8, 4) is 0 Å². The van der Waals surface area contributed by atoms with Crippen LogP contribution in [0.25, 0.3) is 0 Å². The zero-order valence-corrected chi connectivity index (χ0v) is 11.0. The summed E-state index contributed by atoms with van der Waals surface area (Å²) in [6.07, 6.45) is 0. The number of thioether (sulfide) groups is 1. The molecule has 0 aliphatic heterocycles. The molecular formula is C9H7Cl2NO2S2. The minimum atomic E-state index is -0.548. The lowest BCUT2D eigenvalue weighted by Crippen LogP contribution is -2.09. The summed E-state index contributed by atoms with van der Waals surface area (Å²) in [5.74, 6) is 0. The Kier molecular flexibility index (Phi) is 5.51. The van der Waals surface area contributed by atoms with Crippen molar-refractivity contribution in [2.75, 3.05) is 11.9 Å². The minimum Gasteiger partial charge on any atom is -0.388 e. The summed E-state index contributed by atoms with van der Waals surface area (Å²) in [6, 6.07) is 4.90. The molecule has 0 amide bonds. The third kappa shape index (κ3) is 4.27. The zero-order chi connectivity index (χ0) is 12.1. The van der Waals surface area contributed by atoms with Crippen molar-refractivity contribution in [3.63, 3.8) is 0 Å². The number of hydrogen-bond donors (Lipinski definition) is 2. The Morgan fingerprint density at radius 3 is 2.69 bits per heavy atom. The largest absolute Gasteiger partial charge is 0.388 e. The summed E-state index contributed by atoms with van der Waals surface area (Å²) < 4.78 is 0.248. The van der Waals surface area contributed by atoms with Gasteiger partial charge in [0.05, 0.1) is 10.0 Å². The summed E-state index contributed by atoms with van der Waals surface area (Å²) in [5.41, 5.74) is 0.637. The summed E-state index contributed by atoms with van der Waals surface area (Å²) in [4.78, 5) is 10.9. The second-order valence-corrected chi connectivity index (χ2v) is 5.22. The number of carbonyl (C=O) groups is 1. The molecule has 0 aromatic heterocycles. The number of nitrogens with one attached hydrogen (secondary N) is 1. The first-order chi connectivity index (χ1) is 7.52. The van der Waals surface area contributed by atoms with Gasteiger partial charge in [0.1, 0.15) is 10.9 Å². The molecule has 1 aromatic carbocycles. The lowest BCUT2D eigenvalue weighted by atomic mass is 10.3. The predicted octanol–water partition coefficient (Wildman–Crippen LogP) is 2.94. The topological polar surface area (TPSA) is 49.3 Å². The van der Waals surface area contributed by atoms with Gasteiger partial charge in [0.25, 0.3) is 0 Å². The van der Waals surface area contributed by atoms with Crippen LogP contribution in [-0.4, -0.2) is 21.1 Å². The van der Waals surface area contributed by atoms with E-state index in [9.17, 15) is 4.79 Å². The molecule has 3 nitrogen and oxygen atoms in total. The van der Waals surface area contributed by atoms with E-state index in [-0.39, 0.29) is 4.32 Å². The van der Waals surface area contributed by atoms with Crippen LogP contribution in [0.2, 0.25) is 10.0 Å². The lowest BCUT2D eigenvalue weighted by molar-refractivity contribution is -0.113. The first-order valence-electron chi connectivity index (χ1n) is 4.10. The van der Waals surface area contributed by atoms with Crippen molar-refractivity contribution in [3.05, 3.63) is 28.2 Å². The van der Waals surface area contributed by atoms with Gasteiger partial charge < -0.3 is 10.4 Å². The third-order valence-electron chi connectivity index (χ3n) is 1.50. The zero-order valence-electron chi connectivity index (χ0n) is 7.87. The van der Waals surface area contributed by atoms with Crippen LogP contribution < -0.4 is 5.32 Å². The molecule has 2 N–H and O–H groups in total. The van der Waals surface area contributed by atoms with Crippen molar-refractivity contribution in [1.82, 2.24) is 0 Å². The molecule has 0 heterocycles. The SMILES string of the molecule is O=C(CO)SC(=S)Nc1ccc(Cl)c(Cl)c1. The van der Waals surface area contributed by atoms with E-state index in [0.717, 1.165) is 11.8 Å².